The molecule has 0 N–H and O–H groups in total. The Morgan fingerprint density at radius 1 is 1.42 bits per heavy atom. The Balaban J connectivity index is 2.49. The zero-order valence-electron chi connectivity index (χ0n) is 7.01. The van der Waals surface area contributed by atoms with Crippen molar-refractivity contribution < 1.29 is 4.74 Å². The molecule has 1 nitrogen and oxygen atoms in total. The summed E-state index contributed by atoms with van der Waals surface area (Å²) >= 11 is 3.58. The first-order chi connectivity index (χ1) is 5.79. The molecular weight excluding hydrogens is 216 g/mol. The van der Waals surface area contributed by atoms with Crippen LogP contribution in [0, 0.1) is 0 Å². The Hall–Kier alpha value is -0.340. The largest absolute Gasteiger partial charge is 0.372 e. The Morgan fingerprint density at radius 3 is 3.00 bits per heavy atom. The number of halogens is 1. The van der Waals surface area contributed by atoms with Crippen LogP contribution in [0.3, 0.4) is 0 Å². The SMILES string of the molecule is CC(Br)c1cccc2c1COC2. The second kappa shape index (κ2) is 3.19. The van der Waals surface area contributed by atoms with E-state index in [2.05, 4.69) is 41.1 Å². The van der Waals surface area contributed by atoms with E-state index in [1.165, 1.54) is 16.7 Å². The van der Waals surface area contributed by atoms with Gasteiger partial charge < -0.3 is 4.74 Å². The minimum atomic E-state index is 0.425. The number of hydrogen-bond acceptors (Lipinski definition) is 1. The zero-order valence-corrected chi connectivity index (χ0v) is 8.60. The van der Waals surface area contributed by atoms with Crippen LogP contribution < -0.4 is 0 Å². The molecular formula is C10H11BrO. The molecule has 1 heterocycles. The highest BCUT2D eigenvalue weighted by atomic mass is 79.9. The number of benzene rings is 1. The second-order valence-corrected chi connectivity index (χ2v) is 4.47. The van der Waals surface area contributed by atoms with Crippen LogP contribution in [0.25, 0.3) is 0 Å². The van der Waals surface area contributed by atoms with Gasteiger partial charge in [0.05, 0.1) is 13.2 Å². The van der Waals surface area contributed by atoms with Crippen molar-refractivity contribution in [1.29, 1.82) is 0 Å². The average Bonchev–Trinajstić information content (AvgIpc) is 2.49. The lowest BCUT2D eigenvalue weighted by Crippen LogP contribution is -1.92. The summed E-state index contributed by atoms with van der Waals surface area (Å²) in [5.74, 6) is 0. The Bertz CT molecular complexity index is 294. The van der Waals surface area contributed by atoms with E-state index in [-0.39, 0.29) is 0 Å². The summed E-state index contributed by atoms with van der Waals surface area (Å²) in [6, 6.07) is 6.40. The van der Waals surface area contributed by atoms with Gasteiger partial charge in [0.25, 0.3) is 0 Å². The van der Waals surface area contributed by atoms with Gasteiger partial charge in [-0.1, -0.05) is 34.1 Å². The molecule has 2 heteroatoms. The van der Waals surface area contributed by atoms with E-state index >= 15 is 0 Å². The highest BCUT2D eigenvalue weighted by Gasteiger charge is 2.16. The molecule has 2 rings (SSSR count). The molecule has 1 aliphatic heterocycles. The smallest absolute Gasteiger partial charge is 0.0728 e. The molecule has 1 aliphatic rings. The number of ether oxygens (including phenoxy) is 1. The summed E-state index contributed by atoms with van der Waals surface area (Å²) in [5, 5.41) is 0. The third-order valence-corrected chi connectivity index (χ3v) is 2.74. The minimum absolute atomic E-state index is 0.425. The molecule has 0 aliphatic carbocycles. The highest BCUT2D eigenvalue weighted by molar-refractivity contribution is 9.09. The molecule has 0 saturated heterocycles. The third kappa shape index (κ3) is 1.29. The maximum atomic E-state index is 5.38. The van der Waals surface area contributed by atoms with Crippen LogP contribution in [0.5, 0.6) is 0 Å². The summed E-state index contributed by atoms with van der Waals surface area (Å²) in [6.07, 6.45) is 0. The molecule has 0 fully saturated rings. The highest BCUT2D eigenvalue weighted by Crippen LogP contribution is 2.31. The van der Waals surface area contributed by atoms with Crippen LogP contribution in [-0.2, 0) is 18.0 Å². The molecule has 12 heavy (non-hydrogen) atoms. The first-order valence-electron chi connectivity index (χ1n) is 4.11. The average molecular weight is 227 g/mol. The van der Waals surface area contributed by atoms with E-state index in [9.17, 15) is 0 Å². The Kier molecular flexibility index (Phi) is 2.20. The van der Waals surface area contributed by atoms with Gasteiger partial charge in [0, 0.05) is 4.83 Å². The normalized spacial score (nSPS) is 17.5. The monoisotopic (exact) mass is 226 g/mol. The maximum absolute atomic E-state index is 5.38. The molecule has 1 unspecified atom stereocenters. The molecule has 0 spiro atoms. The minimum Gasteiger partial charge on any atom is -0.372 e. The van der Waals surface area contributed by atoms with Crippen molar-refractivity contribution in [2.24, 2.45) is 0 Å². The van der Waals surface area contributed by atoms with Crippen molar-refractivity contribution >= 4 is 15.9 Å². The van der Waals surface area contributed by atoms with Gasteiger partial charge in [-0.25, -0.2) is 0 Å². The van der Waals surface area contributed by atoms with Crippen LogP contribution in [0.4, 0.5) is 0 Å². The summed E-state index contributed by atoms with van der Waals surface area (Å²) in [4.78, 5) is 0.425. The molecule has 1 atom stereocenters. The van der Waals surface area contributed by atoms with E-state index in [0.29, 0.717) is 4.83 Å². The van der Waals surface area contributed by atoms with Crippen LogP contribution in [-0.4, -0.2) is 0 Å². The number of rotatable bonds is 1. The van der Waals surface area contributed by atoms with Gasteiger partial charge >= 0.3 is 0 Å². The van der Waals surface area contributed by atoms with Crippen molar-refractivity contribution in [3.63, 3.8) is 0 Å². The van der Waals surface area contributed by atoms with Gasteiger partial charge in [-0.2, -0.15) is 0 Å². The fraction of sp³-hybridized carbons (Fsp3) is 0.400. The van der Waals surface area contributed by atoms with Gasteiger partial charge in [0.2, 0.25) is 0 Å². The topological polar surface area (TPSA) is 9.23 Å². The van der Waals surface area contributed by atoms with Gasteiger partial charge in [0.15, 0.2) is 0 Å². The van der Waals surface area contributed by atoms with Crippen molar-refractivity contribution in [1.82, 2.24) is 0 Å². The summed E-state index contributed by atoms with van der Waals surface area (Å²) in [6.45, 7) is 3.71. The third-order valence-electron chi connectivity index (χ3n) is 2.24. The van der Waals surface area contributed by atoms with Crippen molar-refractivity contribution in [2.45, 2.75) is 25.0 Å². The van der Waals surface area contributed by atoms with Crippen LogP contribution >= 0.6 is 15.9 Å². The standard InChI is InChI=1S/C10H11BrO/c1-7(11)9-4-2-3-8-5-12-6-10(8)9/h2-4,7H,5-6H2,1H3. The van der Waals surface area contributed by atoms with Gasteiger partial charge in [0.1, 0.15) is 0 Å². The molecule has 0 bridgehead atoms. The van der Waals surface area contributed by atoms with Crippen LogP contribution in [0.2, 0.25) is 0 Å². The van der Waals surface area contributed by atoms with Gasteiger partial charge in [-0.15, -0.1) is 0 Å². The number of hydrogen-bond donors (Lipinski definition) is 0. The molecule has 0 radical (unpaired) electrons. The fourth-order valence-electron chi connectivity index (χ4n) is 1.60. The van der Waals surface area contributed by atoms with Crippen molar-refractivity contribution in [3.05, 3.63) is 34.9 Å². The summed E-state index contributed by atoms with van der Waals surface area (Å²) in [7, 11) is 0. The van der Waals surface area contributed by atoms with Crippen LogP contribution in [0.1, 0.15) is 28.4 Å². The second-order valence-electron chi connectivity index (χ2n) is 3.09. The quantitative estimate of drug-likeness (QED) is 0.669. The van der Waals surface area contributed by atoms with Crippen molar-refractivity contribution in [3.8, 4) is 0 Å². The molecule has 1 aromatic carbocycles. The summed E-state index contributed by atoms with van der Waals surface area (Å²) < 4.78 is 5.38. The van der Waals surface area contributed by atoms with E-state index in [1.54, 1.807) is 0 Å². The van der Waals surface area contributed by atoms with E-state index < -0.39 is 0 Å². The van der Waals surface area contributed by atoms with E-state index in [1.807, 2.05) is 0 Å². The van der Waals surface area contributed by atoms with Crippen molar-refractivity contribution in [2.75, 3.05) is 0 Å². The molecule has 64 valence electrons. The van der Waals surface area contributed by atoms with E-state index in [0.717, 1.165) is 13.2 Å². The zero-order chi connectivity index (χ0) is 8.55. The molecule has 0 amide bonds. The molecule has 0 aromatic heterocycles. The van der Waals surface area contributed by atoms with Crippen LogP contribution in [0.15, 0.2) is 18.2 Å². The van der Waals surface area contributed by atoms with Gasteiger partial charge in [-0.3, -0.25) is 0 Å². The molecule has 1 aromatic rings. The Morgan fingerprint density at radius 2 is 2.25 bits per heavy atom. The fourth-order valence-corrected chi connectivity index (χ4v) is 2.03. The Labute approximate surface area is 80.9 Å². The molecule has 0 saturated carbocycles. The maximum Gasteiger partial charge on any atom is 0.0728 e. The number of fused-ring (bicyclic) bond motifs is 1. The van der Waals surface area contributed by atoms with Gasteiger partial charge in [-0.05, 0) is 23.6 Å². The first-order valence-corrected chi connectivity index (χ1v) is 5.03. The number of alkyl halides is 1. The van der Waals surface area contributed by atoms with E-state index in [4.69, 9.17) is 4.74 Å². The summed E-state index contributed by atoms with van der Waals surface area (Å²) in [5.41, 5.74) is 4.09. The lowest BCUT2D eigenvalue weighted by molar-refractivity contribution is 0.134. The lowest BCUT2D eigenvalue weighted by atomic mass is 10.0. The predicted octanol–water partition coefficient (Wildman–Crippen LogP) is 3.17. The lowest BCUT2D eigenvalue weighted by Gasteiger charge is -2.08. The first kappa shape index (κ1) is 8.27. The predicted molar refractivity (Wildman–Crippen MR) is 52.3 cm³/mol.